The summed E-state index contributed by atoms with van der Waals surface area (Å²) in [7, 11) is 1.16. The van der Waals surface area contributed by atoms with Crippen molar-refractivity contribution in [1.29, 1.82) is 0 Å². The summed E-state index contributed by atoms with van der Waals surface area (Å²) >= 11 is 0.819. The van der Waals surface area contributed by atoms with Gasteiger partial charge in [-0.25, -0.2) is 26.7 Å². The molecule has 0 aliphatic heterocycles. The monoisotopic (exact) mass is 365 g/mol. The van der Waals surface area contributed by atoms with E-state index in [0.717, 1.165) is 18.4 Å². The van der Waals surface area contributed by atoms with E-state index >= 15 is 0 Å². The second-order valence-electron chi connectivity index (χ2n) is 4.43. The highest BCUT2D eigenvalue weighted by Crippen LogP contribution is 2.25. The number of anilines is 1. The summed E-state index contributed by atoms with van der Waals surface area (Å²) < 4.78 is 70.5. The molecular weight excluding hydrogens is 357 g/mol. The SMILES string of the molecule is COC(=O)c1ccc(NC(=O)Cc2c(F)c(F)c(F)c(F)c2F)s1. The number of amides is 1. The first kappa shape index (κ1) is 17.9. The second-order valence-corrected chi connectivity index (χ2v) is 5.51. The largest absolute Gasteiger partial charge is 0.465 e. The average molecular weight is 365 g/mol. The molecule has 0 saturated carbocycles. The minimum Gasteiger partial charge on any atom is -0.465 e. The third-order valence-corrected chi connectivity index (χ3v) is 3.87. The van der Waals surface area contributed by atoms with Gasteiger partial charge in [0.05, 0.1) is 18.5 Å². The number of nitrogens with one attached hydrogen (secondary N) is 1. The van der Waals surface area contributed by atoms with E-state index in [-0.39, 0.29) is 9.88 Å². The number of halogens is 5. The van der Waals surface area contributed by atoms with Gasteiger partial charge >= 0.3 is 5.97 Å². The number of hydrogen-bond donors (Lipinski definition) is 1. The molecule has 4 nitrogen and oxygen atoms in total. The molecule has 0 aliphatic rings. The van der Waals surface area contributed by atoms with Gasteiger partial charge in [-0.3, -0.25) is 4.79 Å². The van der Waals surface area contributed by atoms with Crippen LogP contribution in [0.25, 0.3) is 0 Å². The second kappa shape index (κ2) is 6.95. The van der Waals surface area contributed by atoms with Gasteiger partial charge in [-0.05, 0) is 12.1 Å². The van der Waals surface area contributed by atoms with Crippen LogP contribution in [0.4, 0.5) is 27.0 Å². The number of methoxy groups -OCH3 is 1. The van der Waals surface area contributed by atoms with Crippen LogP contribution in [0.1, 0.15) is 15.2 Å². The predicted molar refractivity (Wildman–Crippen MR) is 74.2 cm³/mol. The molecule has 1 N–H and O–H groups in total. The Hall–Kier alpha value is -2.49. The van der Waals surface area contributed by atoms with E-state index in [1.807, 2.05) is 0 Å². The smallest absolute Gasteiger partial charge is 0.348 e. The molecule has 1 amide bonds. The van der Waals surface area contributed by atoms with Gasteiger partial charge in [0.25, 0.3) is 0 Å². The van der Waals surface area contributed by atoms with E-state index < -0.39 is 52.9 Å². The Morgan fingerprint density at radius 2 is 1.54 bits per heavy atom. The molecule has 2 aromatic rings. The van der Waals surface area contributed by atoms with Crippen molar-refractivity contribution in [3.05, 3.63) is 51.7 Å². The number of carbonyl (C=O) groups excluding carboxylic acids is 2. The standard InChI is InChI=1S/C14H8F5NO3S/c1-23-14(22)6-2-3-8(24-6)20-7(21)4-5-9(15)11(17)13(19)12(18)10(5)16/h2-3H,4H2,1H3,(H,20,21). The fraction of sp³-hybridized carbons (Fsp3) is 0.143. The zero-order valence-corrected chi connectivity index (χ0v) is 12.7. The van der Waals surface area contributed by atoms with Crippen LogP contribution in [0, 0.1) is 29.1 Å². The highest BCUT2D eigenvalue weighted by Gasteiger charge is 2.27. The summed E-state index contributed by atoms with van der Waals surface area (Å²) in [6, 6.07) is 2.66. The summed E-state index contributed by atoms with van der Waals surface area (Å²) in [6.07, 6.45) is -1.07. The maximum absolute atomic E-state index is 13.5. The molecule has 0 aliphatic carbocycles. The lowest BCUT2D eigenvalue weighted by atomic mass is 10.1. The molecule has 0 bridgehead atoms. The van der Waals surface area contributed by atoms with Crippen LogP contribution in [-0.2, 0) is 16.0 Å². The maximum Gasteiger partial charge on any atom is 0.348 e. The third kappa shape index (κ3) is 3.37. The minimum absolute atomic E-state index is 0.143. The topological polar surface area (TPSA) is 55.4 Å². The summed E-state index contributed by atoms with van der Waals surface area (Å²) in [6.45, 7) is 0. The summed E-state index contributed by atoms with van der Waals surface area (Å²) in [5.41, 5.74) is -1.24. The lowest BCUT2D eigenvalue weighted by molar-refractivity contribution is -0.115. The van der Waals surface area contributed by atoms with Gasteiger partial charge in [0, 0.05) is 5.56 Å². The molecule has 0 spiro atoms. The molecule has 2 rings (SSSR count). The highest BCUT2D eigenvalue weighted by atomic mass is 32.1. The number of benzene rings is 1. The van der Waals surface area contributed by atoms with Crippen molar-refractivity contribution in [3.63, 3.8) is 0 Å². The Bertz CT molecular complexity index is 792. The van der Waals surface area contributed by atoms with Gasteiger partial charge < -0.3 is 10.1 Å². The minimum atomic E-state index is -2.30. The predicted octanol–water partition coefficient (Wildman–Crippen LogP) is 3.41. The molecule has 0 unspecified atom stereocenters. The van der Waals surface area contributed by atoms with Crippen molar-refractivity contribution in [2.45, 2.75) is 6.42 Å². The Morgan fingerprint density at radius 3 is 2.08 bits per heavy atom. The lowest BCUT2D eigenvalue weighted by Crippen LogP contribution is -2.17. The first-order chi connectivity index (χ1) is 11.3. The van der Waals surface area contributed by atoms with Crippen LogP contribution >= 0.6 is 11.3 Å². The number of hydrogen-bond acceptors (Lipinski definition) is 4. The highest BCUT2D eigenvalue weighted by molar-refractivity contribution is 7.18. The molecule has 1 aromatic heterocycles. The van der Waals surface area contributed by atoms with Crippen LogP contribution in [0.2, 0.25) is 0 Å². The number of thiophene rings is 1. The van der Waals surface area contributed by atoms with E-state index in [2.05, 4.69) is 10.1 Å². The van der Waals surface area contributed by atoms with Gasteiger partial charge in [0.1, 0.15) is 4.88 Å². The molecule has 24 heavy (non-hydrogen) atoms. The first-order valence-corrected chi connectivity index (χ1v) is 7.06. The van der Waals surface area contributed by atoms with E-state index in [9.17, 15) is 31.5 Å². The summed E-state index contributed by atoms with van der Waals surface area (Å²) in [5, 5.41) is 2.34. The number of esters is 1. The average Bonchev–Trinajstić information content (AvgIpc) is 3.02. The van der Waals surface area contributed by atoms with Gasteiger partial charge in [0.15, 0.2) is 23.3 Å². The Labute approximate surface area is 135 Å². The Balaban J connectivity index is 2.19. The maximum atomic E-state index is 13.5. The van der Waals surface area contributed by atoms with Gasteiger partial charge in [-0.2, -0.15) is 0 Å². The van der Waals surface area contributed by atoms with Crippen molar-refractivity contribution >= 4 is 28.2 Å². The fourth-order valence-corrected chi connectivity index (χ4v) is 2.60. The molecule has 0 radical (unpaired) electrons. The van der Waals surface area contributed by atoms with E-state index in [4.69, 9.17) is 0 Å². The van der Waals surface area contributed by atoms with Crippen LogP contribution in [0.3, 0.4) is 0 Å². The van der Waals surface area contributed by atoms with Crippen LogP contribution < -0.4 is 5.32 Å². The quantitative estimate of drug-likeness (QED) is 0.391. The van der Waals surface area contributed by atoms with Gasteiger partial charge in [0.2, 0.25) is 11.7 Å². The normalized spacial score (nSPS) is 10.6. The van der Waals surface area contributed by atoms with Crippen molar-refractivity contribution in [2.75, 3.05) is 12.4 Å². The van der Waals surface area contributed by atoms with Crippen LogP contribution in [0.5, 0.6) is 0 Å². The molecule has 1 aromatic carbocycles. The molecule has 0 atom stereocenters. The summed E-state index contributed by atoms with van der Waals surface area (Å²) in [5.74, 6) is -12.3. The third-order valence-electron chi connectivity index (χ3n) is 2.89. The lowest BCUT2D eigenvalue weighted by Gasteiger charge is -2.08. The fourth-order valence-electron chi connectivity index (χ4n) is 1.76. The number of rotatable bonds is 4. The molecule has 0 saturated heterocycles. The van der Waals surface area contributed by atoms with Crippen molar-refractivity contribution in [1.82, 2.24) is 0 Å². The Kier molecular flexibility index (Phi) is 5.17. The van der Waals surface area contributed by atoms with E-state index in [0.29, 0.717) is 0 Å². The molecule has 0 fully saturated rings. The number of ether oxygens (including phenoxy) is 1. The zero-order chi connectivity index (χ0) is 18.0. The van der Waals surface area contributed by atoms with E-state index in [1.54, 1.807) is 0 Å². The van der Waals surface area contributed by atoms with Crippen molar-refractivity contribution in [2.24, 2.45) is 0 Å². The summed E-state index contributed by atoms with van der Waals surface area (Å²) in [4.78, 5) is 23.2. The van der Waals surface area contributed by atoms with Gasteiger partial charge in [-0.15, -0.1) is 11.3 Å². The number of carbonyl (C=O) groups is 2. The molecule has 128 valence electrons. The molecular formula is C14H8F5NO3S. The molecule has 1 heterocycles. The zero-order valence-electron chi connectivity index (χ0n) is 11.9. The van der Waals surface area contributed by atoms with Crippen molar-refractivity contribution < 1.29 is 36.3 Å². The van der Waals surface area contributed by atoms with Crippen LogP contribution in [0.15, 0.2) is 12.1 Å². The first-order valence-electron chi connectivity index (χ1n) is 6.24. The Morgan fingerprint density at radius 1 is 1.00 bits per heavy atom. The van der Waals surface area contributed by atoms with Crippen LogP contribution in [-0.4, -0.2) is 19.0 Å². The van der Waals surface area contributed by atoms with Gasteiger partial charge in [-0.1, -0.05) is 0 Å². The molecule has 10 heteroatoms. The van der Waals surface area contributed by atoms with E-state index in [1.165, 1.54) is 12.1 Å². The van der Waals surface area contributed by atoms with Crippen molar-refractivity contribution in [3.8, 4) is 0 Å².